The predicted molar refractivity (Wildman–Crippen MR) is 74.5 cm³/mol. The van der Waals surface area contributed by atoms with Crippen LogP contribution in [0.3, 0.4) is 0 Å². The van der Waals surface area contributed by atoms with E-state index in [4.69, 9.17) is 0 Å². The van der Waals surface area contributed by atoms with E-state index in [0.29, 0.717) is 18.0 Å². The van der Waals surface area contributed by atoms with Gasteiger partial charge in [-0.05, 0) is 44.4 Å². The second kappa shape index (κ2) is 5.94. The van der Waals surface area contributed by atoms with E-state index in [1.807, 2.05) is 4.90 Å². The summed E-state index contributed by atoms with van der Waals surface area (Å²) in [4.78, 5) is 14.4. The summed E-state index contributed by atoms with van der Waals surface area (Å²) in [5.41, 5.74) is 0. The Bertz CT molecular complexity index is 292. The Morgan fingerprint density at radius 1 is 1.11 bits per heavy atom. The third-order valence-corrected chi connectivity index (χ3v) is 4.82. The van der Waals surface area contributed by atoms with Crippen LogP contribution < -0.4 is 5.32 Å². The van der Waals surface area contributed by atoms with E-state index in [1.165, 1.54) is 19.3 Å². The van der Waals surface area contributed by atoms with E-state index in [9.17, 15) is 4.79 Å². The zero-order chi connectivity index (χ0) is 13.1. The zero-order valence-electron chi connectivity index (χ0n) is 12.1. The smallest absolute Gasteiger partial charge is 0.317 e. The summed E-state index contributed by atoms with van der Waals surface area (Å²) in [6.07, 6.45) is 7.31. The summed E-state index contributed by atoms with van der Waals surface area (Å²) in [6.45, 7) is 7.66. The van der Waals surface area contributed by atoms with Gasteiger partial charge in [-0.15, -0.1) is 0 Å². The van der Waals surface area contributed by atoms with Crippen LogP contribution in [0.2, 0.25) is 0 Å². The second-order valence-corrected chi connectivity index (χ2v) is 6.49. The summed E-state index contributed by atoms with van der Waals surface area (Å²) in [5, 5.41) is 3.27. The Labute approximate surface area is 111 Å². The molecule has 2 fully saturated rings. The van der Waals surface area contributed by atoms with Gasteiger partial charge in [0.25, 0.3) is 0 Å². The first-order valence-electron chi connectivity index (χ1n) is 7.65. The minimum Gasteiger partial charge on any atom is -0.335 e. The number of hydrogen-bond donors (Lipinski definition) is 1. The van der Waals surface area contributed by atoms with Crippen molar-refractivity contribution in [1.29, 1.82) is 0 Å². The Hall–Kier alpha value is -0.730. The van der Waals surface area contributed by atoms with Crippen LogP contribution in [0.5, 0.6) is 0 Å². The van der Waals surface area contributed by atoms with E-state index in [1.54, 1.807) is 0 Å². The molecule has 0 bridgehead atoms. The fourth-order valence-corrected chi connectivity index (χ4v) is 3.48. The van der Waals surface area contributed by atoms with E-state index >= 15 is 0 Å². The van der Waals surface area contributed by atoms with Crippen molar-refractivity contribution in [3.8, 4) is 0 Å². The van der Waals surface area contributed by atoms with Gasteiger partial charge in [-0.25, -0.2) is 4.79 Å². The fraction of sp³-hybridized carbons (Fsp3) is 0.933. The molecule has 1 aliphatic carbocycles. The molecule has 4 atom stereocenters. The van der Waals surface area contributed by atoms with Gasteiger partial charge in [-0.3, -0.25) is 0 Å². The molecule has 2 rings (SSSR count). The lowest BCUT2D eigenvalue weighted by Gasteiger charge is -2.38. The van der Waals surface area contributed by atoms with Crippen LogP contribution in [0.15, 0.2) is 0 Å². The Balaban J connectivity index is 1.87. The number of piperidine rings is 1. The fourth-order valence-electron chi connectivity index (χ4n) is 3.48. The highest BCUT2D eigenvalue weighted by atomic mass is 16.2. The summed E-state index contributed by atoms with van der Waals surface area (Å²) in [7, 11) is 0. The lowest BCUT2D eigenvalue weighted by Crippen LogP contribution is -2.53. The average Bonchev–Trinajstić information content (AvgIpc) is 2.32. The lowest BCUT2D eigenvalue weighted by molar-refractivity contribution is 0.131. The first-order valence-corrected chi connectivity index (χ1v) is 7.65. The van der Waals surface area contributed by atoms with Gasteiger partial charge in [0.1, 0.15) is 0 Å². The molecule has 0 aromatic rings. The van der Waals surface area contributed by atoms with Gasteiger partial charge < -0.3 is 10.2 Å². The van der Waals surface area contributed by atoms with Crippen molar-refractivity contribution < 1.29 is 4.79 Å². The van der Waals surface area contributed by atoms with Crippen LogP contribution in [-0.4, -0.2) is 29.6 Å². The molecule has 0 aromatic carbocycles. The first-order chi connectivity index (χ1) is 8.58. The number of nitrogens with zero attached hydrogens (tertiary/aromatic N) is 1. The van der Waals surface area contributed by atoms with Crippen molar-refractivity contribution in [2.45, 2.75) is 71.4 Å². The third-order valence-electron chi connectivity index (χ3n) is 4.82. The maximum absolute atomic E-state index is 12.3. The lowest BCUT2D eigenvalue weighted by atomic mass is 9.86. The molecule has 1 heterocycles. The van der Waals surface area contributed by atoms with E-state index in [2.05, 4.69) is 26.1 Å². The summed E-state index contributed by atoms with van der Waals surface area (Å²) in [5.74, 6) is 1.40. The second-order valence-electron chi connectivity index (χ2n) is 6.49. The molecule has 0 radical (unpaired) electrons. The minimum atomic E-state index is 0.174. The molecule has 3 heteroatoms. The SMILES string of the molecule is C[C@@H]1CCN(C(=O)N[C@@H]2CCCC[C@H]2C)[C@@H](C)C1. The van der Waals surface area contributed by atoms with Gasteiger partial charge in [0, 0.05) is 18.6 Å². The summed E-state index contributed by atoms with van der Waals surface area (Å²) >= 11 is 0. The number of carbonyl (C=O) groups is 1. The van der Waals surface area contributed by atoms with Crippen molar-refractivity contribution in [1.82, 2.24) is 10.2 Å². The molecule has 0 spiro atoms. The Morgan fingerprint density at radius 2 is 1.83 bits per heavy atom. The van der Waals surface area contributed by atoms with Crippen molar-refractivity contribution in [2.24, 2.45) is 11.8 Å². The number of nitrogens with one attached hydrogen (secondary N) is 1. The number of urea groups is 1. The molecule has 0 aromatic heterocycles. The van der Waals surface area contributed by atoms with E-state index < -0.39 is 0 Å². The monoisotopic (exact) mass is 252 g/mol. The van der Waals surface area contributed by atoms with Crippen LogP contribution in [-0.2, 0) is 0 Å². The van der Waals surface area contributed by atoms with Gasteiger partial charge >= 0.3 is 6.03 Å². The van der Waals surface area contributed by atoms with Gasteiger partial charge in [-0.2, -0.15) is 0 Å². The quantitative estimate of drug-likeness (QED) is 0.762. The van der Waals surface area contributed by atoms with Gasteiger partial charge in [0.05, 0.1) is 0 Å². The van der Waals surface area contributed by atoms with Gasteiger partial charge in [0.15, 0.2) is 0 Å². The maximum Gasteiger partial charge on any atom is 0.317 e. The average molecular weight is 252 g/mol. The molecular weight excluding hydrogens is 224 g/mol. The van der Waals surface area contributed by atoms with Crippen LogP contribution >= 0.6 is 0 Å². The zero-order valence-corrected chi connectivity index (χ0v) is 12.1. The molecule has 2 aliphatic rings. The molecule has 0 unspecified atom stereocenters. The molecule has 3 nitrogen and oxygen atoms in total. The summed E-state index contributed by atoms with van der Waals surface area (Å²) < 4.78 is 0. The number of hydrogen-bond acceptors (Lipinski definition) is 1. The largest absolute Gasteiger partial charge is 0.335 e. The minimum absolute atomic E-state index is 0.174. The van der Waals surface area contributed by atoms with Gasteiger partial charge in [-0.1, -0.05) is 26.7 Å². The third kappa shape index (κ3) is 3.18. The van der Waals surface area contributed by atoms with Crippen molar-refractivity contribution in [3.05, 3.63) is 0 Å². The highest BCUT2D eigenvalue weighted by Gasteiger charge is 2.29. The molecular formula is C15H28N2O. The number of likely N-dealkylation sites (tertiary alicyclic amines) is 1. The van der Waals surface area contributed by atoms with Crippen LogP contribution in [0, 0.1) is 11.8 Å². The number of rotatable bonds is 1. The van der Waals surface area contributed by atoms with Crippen molar-refractivity contribution >= 4 is 6.03 Å². The summed E-state index contributed by atoms with van der Waals surface area (Å²) in [6, 6.07) is 0.971. The van der Waals surface area contributed by atoms with E-state index in [0.717, 1.165) is 31.7 Å². The Kier molecular flexibility index (Phi) is 4.52. The predicted octanol–water partition coefficient (Wildman–Crippen LogP) is 3.40. The van der Waals surface area contributed by atoms with Crippen LogP contribution in [0.1, 0.15) is 59.3 Å². The van der Waals surface area contributed by atoms with Crippen LogP contribution in [0.25, 0.3) is 0 Å². The Morgan fingerprint density at radius 3 is 2.50 bits per heavy atom. The highest BCUT2D eigenvalue weighted by Crippen LogP contribution is 2.25. The van der Waals surface area contributed by atoms with Gasteiger partial charge in [0.2, 0.25) is 0 Å². The molecule has 18 heavy (non-hydrogen) atoms. The number of amides is 2. The van der Waals surface area contributed by atoms with Crippen LogP contribution in [0.4, 0.5) is 4.79 Å². The molecule has 1 aliphatic heterocycles. The van der Waals surface area contributed by atoms with Crippen molar-refractivity contribution in [2.75, 3.05) is 6.54 Å². The highest BCUT2D eigenvalue weighted by molar-refractivity contribution is 5.75. The van der Waals surface area contributed by atoms with Crippen molar-refractivity contribution in [3.63, 3.8) is 0 Å². The normalized spacial score (nSPS) is 37.4. The molecule has 1 saturated heterocycles. The molecule has 1 saturated carbocycles. The number of carbonyl (C=O) groups excluding carboxylic acids is 1. The molecule has 1 N–H and O–H groups in total. The maximum atomic E-state index is 12.3. The topological polar surface area (TPSA) is 32.3 Å². The first kappa shape index (κ1) is 13.7. The standard InChI is InChI=1S/C15H28N2O/c1-11-8-9-17(13(3)10-11)15(18)16-14-7-5-4-6-12(14)2/h11-14H,4-10H2,1-3H3,(H,16,18)/t11-,12-,13+,14-/m1/s1. The molecule has 2 amide bonds. The molecule has 104 valence electrons. The van der Waals surface area contributed by atoms with E-state index in [-0.39, 0.29) is 6.03 Å².